The lowest BCUT2D eigenvalue weighted by Crippen LogP contribution is -2.45. The van der Waals surface area contributed by atoms with Crippen molar-refractivity contribution in [3.8, 4) is 11.3 Å². The Balaban J connectivity index is 2.01. The van der Waals surface area contributed by atoms with Gasteiger partial charge >= 0.3 is 0 Å². The van der Waals surface area contributed by atoms with Gasteiger partial charge in [-0.25, -0.2) is 4.39 Å². The van der Waals surface area contributed by atoms with Crippen molar-refractivity contribution in [2.24, 2.45) is 0 Å². The number of benzene rings is 1. The van der Waals surface area contributed by atoms with Crippen LogP contribution in [0.1, 0.15) is 39.2 Å². The molecule has 0 N–H and O–H groups in total. The molecule has 1 aliphatic rings. The summed E-state index contributed by atoms with van der Waals surface area (Å²) in [6.45, 7) is 10.0. The number of amides is 1. The maximum atomic E-state index is 13.4. The lowest BCUT2D eigenvalue weighted by atomic mass is 10.0. The van der Waals surface area contributed by atoms with Gasteiger partial charge in [-0.1, -0.05) is 19.0 Å². The highest BCUT2D eigenvalue weighted by atomic mass is 19.1. The molecular weight excluding hydrogens is 371 g/mol. The van der Waals surface area contributed by atoms with E-state index in [0.717, 1.165) is 49.6 Å². The summed E-state index contributed by atoms with van der Waals surface area (Å²) in [6, 6.07) is 6.37. The highest BCUT2D eigenvalue weighted by molar-refractivity contribution is 5.77. The van der Waals surface area contributed by atoms with Crippen molar-refractivity contribution in [2.45, 2.75) is 46.2 Å². The predicted molar refractivity (Wildman–Crippen MR) is 112 cm³/mol. The molecule has 29 heavy (non-hydrogen) atoms. The van der Waals surface area contributed by atoms with E-state index in [1.807, 2.05) is 11.8 Å². The SMILES string of the molecule is CCC(=O)N(Cc1c(-c2ccc(F)cc2)noc1N1CCN(C)CC1)C(C)CC. The Hall–Kier alpha value is -2.41. The number of rotatable bonds is 7. The topological polar surface area (TPSA) is 52.8 Å². The first-order valence-corrected chi connectivity index (χ1v) is 10.4. The number of aromatic nitrogens is 1. The molecule has 6 nitrogen and oxygen atoms in total. The van der Waals surface area contributed by atoms with Gasteiger partial charge in [0, 0.05) is 44.2 Å². The second-order valence-electron chi connectivity index (χ2n) is 7.74. The normalized spacial score (nSPS) is 16.1. The zero-order valence-electron chi connectivity index (χ0n) is 17.8. The monoisotopic (exact) mass is 402 g/mol. The zero-order valence-corrected chi connectivity index (χ0v) is 17.8. The molecule has 1 amide bonds. The second kappa shape index (κ2) is 9.39. The van der Waals surface area contributed by atoms with Crippen molar-refractivity contribution in [3.05, 3.63) is 35.6 Å². The van der Waals surface area contributed by atoms with E-state index in [-0.39, 0.29) is 17.8 Å². The van der Waals surface area contributed by atoms with Gasteiger partial charge in [0.25, 0.3) is 0 Å². The number of hydrogen-bond donors (Lipinski definition) is 0. The second-order valence-corrected chi connectivity index (χ2v) is 7.74. The molecule has 2 aromatic rings. The third-order valence-corrected chi connectivity index (χ3v) is 5.75. The van der Waals surface area contributed by atoms with E-state index in [4.69, 9.17) is 4.52 Å². The van der Waals surface area contributed by atoms with Crippen LogP contribution in [0.4, 0.5) is 10.3 Å². The lowest BCUT2D eigenvalue weighted by molar-refractivity contribution is -0.133. The van der Waals surface area contributed by atoms with Gasteiger partial charge < -0.3 is 19.2 Å². The Morgan fingerprint density at radius 3 is 2.45 bits per heavy atom. The van der Waals surface area contributed by atoms with Crippen LogP contribution in [0.15, 0.2) is 28.8 Å². The molecule has 0 saturated carbocycles. The van der Waals surface area contributed by atoms with Crippen molar-refractivity contribution in [2.75, 3.05) is 38.1 Å². The molecule has 1 aromatic heterocycles. The Morgan fingerprint density at radius 2 is 1.86 bits per heavy atom. The molecule has 3 rings (SSSR count). The highest BCUT2D eigenvalue weighted by Crippen LogP contribution is 2.34. The minimum Gasteiger partial charge on any atom is -0.338 e. The first-order chi connectivity index (χ1) is 13.9. The summed E-state index contributed by atoms with van der Waals surface area (Å²) in [5.74, 6) is 0.532. The van der Waals surface area contributed by atoms with Crippen LogP contribution < -0.4 is 4.90 Å². The van der Waals surface area contributed by atoms with Gasteiger partial charge in [0.15, 0.2) is 0 Å². The predicted octanol–water partition coefficient (Wildman–Crippen LogP) is 3.77. The summed E-state index contributed by atoms with van der Waals surface area (Å²) >= 11 is 0. The summed E-state index contributed by atoms with van der Waals surface area (Å²) in [5.41, 5.74) is 2.36. The van der Waals surface area contributed by atoms with Gasteiger partial charge in [-0.15, -0.1) is 0 Å². The number of carbonyl (C=O) groups excluding carboxylic acids is 1. The summed E-state index contributed by atoms with van der Waals surface area (Å²) < 4.78 is 19.2. The van der Waals surface area contributed by atoms with Crippen molar-refractivity contribution in [3.63, 3.8) is 0 Å². The van der Waals surface area contributed by atoms with E-state index in [0.29, 0.717) is 18.7 Å². The molecular formula is C22H31FN4O2. The summed E-state index contributed by atoms with van der Waals surface area (Å²) in [6.07, 6.45) is 1.32. The van der Waals surface area contributed by atoms with Crippen molar-refractivity contribution in [1.29, 1.82) is 0 Å². The molecule has 1 saturated heterocycles. The van der Waals surface area contributed by atoms with Crippen LogP contribution in [0, 0.1) is 5.82 Å². The molecule has 0 aliphatic carbocycles. The average Bonchev–Trinajstić information content (AvgIpc) is 3.15. The van der Waals surface area contributed by atoms with Crippen LogP contribution in [-0.4, -0.2) is 60.1 Å². The Kier molecular flexibility index (Phi) is 6.90. The quantitative estimate of drug-likeness (QED) is 0.706. The third-order valence-electron chi connectivity index (χ3n) is 5.75. The molecule has 1 unspecified atom stereocenters. The van der Waals surface area contributed by atoms with E-state index in [1.165, 1.54) is 12.1 Å². The number of anilines is 1. The molecule has 0 bridgehead atoms. The van der Waals surface area contributed by atoms with Crippen molar-refractivity contribution in [1.82, 2.24) is 15.0 Å². The number of carbonyl (C=O) groups is 1. The van der Waals surface area contributed by atoms with Crippen LogP contribution in [-0.2, 0) is 11.3 Å². The number of likely N-dealkylation sites (N-methyl/N-ethyl adjacent to an activating group) is 1. The number of piperazine rings is 1. The van der Waals surface area contributed by atoms with Gasteiger partial charge in [-0.3, -0.25) is 4.79 Å². The van der Waals surface area contributed by atoms with Gasteiger partial charge in [-0.05, 0) is 44.7 Å². The highest BCUT2D eigenvalue weighted by Gasteiger charge is 2.28. The zero-order chi connectivity index (χ0) is 21.0. The number of nitrogens with zero attached hydrogens (tertiary/aromatic N) is 4. The third kappa shape index (κ3) is 4.78. The van der Waals surface area contributed by atoms with Crippen LogP contribution in [0.25, 0.3) is 11.3 Å². The Bertz CT molecular complexity index is 813. The standard InChI is InChI=1S/C22H31FN4O2/c1-5-16(3)27(20(28)6-2)15-19-21(17-7-9-18(23)10-8-17)24-29-22(19)26-13-11-25(4)12-14-26/h7-10,16H,5-6,11-15H2,1-4H3. The molecule has 1 atom stereocenters. The van der Waals surface area contributed by atoms with Gasteiger partial charge in [-0.2, -0.15) is 0 Å². The van der Waals surface area contributed by atoms with Crippen LogP contribution in [0.5, 0.6) is 0 Å². The minimum absolute atomic E-state index is 0.106. The molecule has 0 radical (unpaired) electrons. The van der Waals surface area contributed by atoms with E-state index < -0.39 is 0 Å². The van der Waals surface area contributed by atoms with Gasteiger partial charge in [0.2, 0.25) is 11.8 Å². The summed E-state index contributed by atoms with van der Waals surface area (Å²) in [7, 11) is 2.10. The molecule has 2 heterocycles. The van der Waals surface area contributed by atoms with Crippen LogP contribution in [0.3, 0.4) is 0 Å². The van der Waals surface area contributed by atoms with Crippen molar-refractivity contribution < 1.29 is 13.7 Å². The van der Waals surface area contributed by atoms with E-state index in [9.17, 15) is 9.18 Å². The fraction of sp³-hybridized carbons (Fsp3) is 0.545. The first kappa shape index (κ1) is 21.3. The lowest BCUT2D eigenvalue weighted by Gasteiger charge is -2.33. The smallest absolute Gasteiger partial charge is 0.232 e. The maximum absolute atomic E-state index is 13.4. The van der Waals surface area contributed by atoms with E-state index in [2.05, 4.69) is 35.9 Å². The maximum Gasteiger partial charge on any atom is 0.232 e. The fourth-order valence-corrected chi connectivity index (χ4v) is 3.62. The Morgan fingerprint density at radius 1 is 1.21 bits per heavy atom. The summed E-state index contributed by atoms with van der Waals surface area (Å²) in [5, 5.41) is 4.34. The molecule has 1 aromatic carbocycles. The van der Waals surface area contributed by atoms with E-state index in [1.54, 1.807) is 12.1 Å². The number of hydrogen-bond acceptors (Lipinski definition) is 5. The van der Waals surface area contributed by atoms with Crippen molar-refractivity contribution >= 4 is 11.8 Å². The molecule has 7 heteroatoms. The number of halogens is 1. The molecule has 158 valence electrons. The van der Waals surface area contributed by atoms with Gasteiger partial charge in [0.1, 0.15) is 11.5 Å². The molecule has 1 fully saturated rings. The molecule has 0 spiro atoms. The van der Waals surface area contributed by atoms with E-state index >= 15 is 0 Å². The van der Waals surface area contributed by atoms with Gasteiger partial charge in [0.05, 0.1) is 12.1 Å². The largest absolute Gasteiger partial charge is 0.338 e. The fourth-order valence-electron chi connectivity index (χ4n) is 3.62. The van der Waals surface area contributed by atoms with Crippen LogP contribution in [0.2, 0.25) is 0 Å². The average molecular weight is 403 g/mol. The first-order valence-electron chi connectivity index (χ1n) is 10.4. The minimum atomic E-state index is -0.291. The Labute approximate surface area is 172 Å². The van der Waals surface area contributed by atoms with Crippen LogP contribution >= 0.6 is 0 Å². The molecule has 1 aliphatic heterocycles. The summed E-state index contributed by atoms with van der Waals surface area (Å²) in [4.78, 5) is 19.0.